The lowest BCUT2D eigenvalue weighted by molar-refractivity contribution is -0.137. The Morgan fingerprint density at radius 2 is 1.89 bits per heavy atom. The Morgan fingerprint density at radius 3 is 2.42 bits per heavy atom. The fourth-order valence-corrected chi connectivity index (χ4v) is 2.36. The summed E-state index contributed by atoms with van der Waals surface area (Å²) in [5.41, 5.74) is -0.404. The number of piperidine rings is 1. The first kappa shape index (κ1) is 13.9. The molecule has 104 valence electrons. The van der Waals surface area contributed by atoms with Gasteiger partial charge in [-0.3, -0.25) is 4.79 Å². The standard InChI is InChI=1S/C14H16F3NO/c1-10-3-2-8-18(9-10)13(19)11-4-6-12(7-5-11)14(15,16)17/h4-7,10H,2-3,8-9H2,1H3/t10-/m1/s1. The first-order valence-corrected chi connectivity index (χ1v) is 6.34. The molecule has 2 rings (SSSR count). The number of rotatable bonds is 1. The molecule has 1 atom stereocenters. The van der Waals surface area contributed by atoms with Crippen molar-refractivity contribution in [2.75, 3.05) is 13.1 Å². The molecule has 0 saturated carbocycles. The summed E-state index contributed by atoms with van der Waals surface area (Å²) < 4.78 is 37.3. The fraction of sp³-hybridized carbons (Fsp3) is 0.500. The lowest BCUT2D eigenvalue weighted by atomic mass is 9.99. The van der Waals surface area contributed by atoms with Crippen LogP contribution >= 0.6 is 0 Å². The summed E-state index contributed by atoms with van der Waals surface area (Å²) in [6, 6.07) is 4.43. The monoisotopic (exact) mass is 271 g/mol. The number of halogens is 3. The lowest BCUT2D eigenvalue weighted by Gasteiger charge is -2.31. The minimum atomic E-state index is -4.36. The normalized spacial score (nSPS) is 20.4. The van der Waals surface area contributed by atoms with Crippen LogP contribution in [0.2, 0.25) is 0 Å². The molecule has 0 N–H and O–H groups in total. The summed E-state index contributed by atoms with van der Waals surface area (Å²) in [6.07, 6.45) is -2.31. The smallest absolute Gasteiger partial charge is 0.338 e. The molecule has 1 amide bonds. The molecular formula is C14H16F3NO. The second-order valence-electron chi connectivity index (χ2n) is 5.07. The Labute approximate surface area is 110 Å². The number of alkyl halides is 3. The van der Waals surface area contributed by atoms with E-state index in [2.05, 4.69) is 6.92 Å². The number of carbonyl (C=O) groups is 1. The minimum Gasteiger partial charge on any atom is -0.338 e. The molecule has 19 heavy (non-hydrogen) atoms. The highest BCUT2D eigenvalue weighted by Crippen LogP contribution is 2.29. The molecule has 1 aromatic carbocycles. The van der Waals surface area contributed by atoms with Crippen molar-refractivity contribution in [3.8, 4) is 0 Å². The fourth-order valence-electron chi connectivity index (χ4n) is 2.36. The molecule has 0 radical (unpaired) electrons. The Bertz CT molecular complexity index is 453. The Balaban J connectivity index is 2.11. The van der Waals surface area contributed by atoms with Crippen LogP contribution in [-0.2, 0) is 6.18 Å². The third-order valence-electron chi connectivity index (χ3n) is 3.40. The van der Waals surface area contributed by atoms with Crippen molar-refractivity contribution in [2.24, 2.45) is 5.92 Å². The van der Waals surface area contributed by atoms with Crippen LogP contribution in [0.25, 0.3) is 0 Å². The highest BCUT2D eigenvalue weighted by molar-refractivity contribution is 5.94. The van der Waals surface area contributed by atoms with Crippen LogP contribution in [0.4, 0.5) is 13.2 Å². The van der Waals surface area contributed by atoms with Gasteiger partial charge in [-0.2, -0.15) is 13.2 Å². The van der Waals surface area contributed by atoms with Crippen LogP contribution in [0.1, 0.15) is 35.7 Å². The third kappa shape index (κ3) is 3.28. The van der Waals surface area contributed by atoms with Crippen molar-refractivity contribution in [1.82, 2.24) is 4.90 Å². The van der Waals surface area contributed by atoms with Crippen LogP contribution in [-0.4, -0.2) is 23.9 Å². The molecule has 0 aromatic heterocycles. The minimum absolute atomic E-state index is 0.180. The van der Waals surface area contributed by atoms with Gasteiger partial charge in [0.1, 0.15) is 0 Å². The largest absolute Gasteiger partial charge is 0.416 e. The number of amides is 1. The van der Waals surface area contributed by atoms with E-state index in [-0.39, 0.29) is 5.91 Å². The molecule has 1 aliphatic heterocycles. The van der Waals surface area contributed by atoms with E-state index >= 15 is 0 Å². The van der Waals surface area contributed by atoms with E-state index in [1.165, 1.54) is 12.1 Å². The molecule has 0 aliphatic carbocycles. The second kappa shape index (κ2) is 5.23. The number of hydrogen-bond donors (Lipinski definition) is 0. The van der Waals surface area contributed by atoms with E-state index < -0.39 is 11.7 Å². The van der Waals surface area contributed by atoms with Gasteiger partial charge >= 0.3 is 6.18 Å². The summed E-state index contributed by atoms with van der Waals surface area (Å²) in [5.74, 6) is 0.271. The molecule has 0 spiro atoms. The van der Waals surface area contributed by atoms with Gasteiger partial charge in [0.15, 0.2) is 0 Å². The highest BCUT2D eigenvalue weighted by Gasteiger charge is 2.30. The molecule has 0 unspecified atom stereocenters. The highest BCUT2D eigenvalue weighted by atomic mass is 19.4. The molecule has 1 saturated heterocycles. The zero-order valence-corrected chi connectivity index (χ0v) is 10.7. The van der Waals surface area contributed by atoms with Crippen LogP contribution in [0, 0.1) is 5.92 Å². The topological polar surface area (TPSA) is 20.3 Å². The molecule has 1 aromatic rings. The maximum Gasteiger partial charge on any atom is 0.416 e. The first-order chi connectivity index (χ1) is 8.88. The average molecular weight is 271 g/mol. The van der Waals surface area contributed by atoms with Crippen molar-refractivity contribution in [3.05, 3.63) is 35.4 Å². The van der Waals surface area contributed by atoms with E-state index in [1.807, 2.05) is 0 Å². The average Bonchev–Trinajstić information content (AvgIpc) is 2.37. The number of hydrogen-bond acceptors (Lipinski definition) is 1. The molecule has 5 heteroatoms. The van der Waals surface area contributed by atoms with Crippen molar-refractivity contribution in [1.29, 1.82) is 0 Å². The zero-order chi connectivity index (χ0) is 14.0. The second-order valence-corrected chi connectivity index (χ2v) is 5.07. The Morgan fingerprint density at radius 1 is 1.26 bits per heavy atom. The molecule has 1 heterocycles. The van der Waals surface area contributed by atoms with Crippen LogP contribution in [0.3, 0.4) is 0 Å². The summed E-state index contributed by atoms with van der Waals surface area (Å²) in [6.45, 7) is 3.44. The molecular weight excluding hydrogens is 255 g/mol. The van der Waals surface area contributed by atoms with Gasteiger partial charge in [-0.15, -0.1) is 0 Å². The van der Waals surface area contributed by atoms with Gasteiger partial charge in [-0.25, -0.2) is 0 Å². The lowest BCUT2D eigenvalue weighted by Crippen LogP contribution is -2.39. The maximum atomic E-state index is 12.4. The maximum absolute atomic E-state index is 12.4. The number of carbonyl (C=O) groups excluding carboxylic acids is 1. The van der Waals surface area contributed by atoms with Crippen molar-refractivity contribution in [3.63, 3.8) is 0 Å². The van der Waals surface area contributed by atoms with Gasteiger partial charge < -0.3 is 4.90 Å². The molecule has 1 aliphatic rings. The van der Waals surface area contributed by atoms with Gasteiger partial charge in [0, 0.05) is 18.7 Å². The SMILES string of the molecule is C[C@@H]1CCCN(C(=O)c2ccc(C(F)(F)F)cc2)C1. The van der Waals surface area contributed by atoms with Crippen LogP contribution in [0.15, 0.2) is 24.3 Å². The zero-order valence-electron chi connectivity index (χ0n) is 10.7. The number of likely N-dealkylation sites (tertiary alicyclic amines) is 1. The predicted molar refractivity (Wildman–Crippen MR) is 65.7 cm³/mol. The van der Waals surface area contributed by atoms with Gasteiger partial charge in [0.2, 0.25) is 0 Å². The molecule has 1 fully saturated rings. The first-order valence-electron chi connectivity index (χ1n) is 6.34. The molecule has 2 nitrogen and oxygen atoms in total. The van der Waals surface area contributed by atoms with Crippen molar-refractivity contribution >= 4 is 5.91 Å². The number of benzene rings is 1. The quantitative estimate of drug-likeness (QED) is 0.764. The van der Waals surface area contributed by atoms with E-state index in [4.69, 9.17) is 0 Å². The van der Waals surface area contributed by atoms with Gasteiger partial charge in [-0.05, 0) is 43.0 Å². The summed E-state index contributed by atoms with van der Waals surface area (Å²) >= 11 is 0. The number of nitrogens with zero attached hydrogens (tertiary/aromatic N) is 1. The summed E-state index contributed by atoms with van der Waals surface area (Å²) in [5, 5.41) is 0. The summed E-state index contributed by atoms with van der Waals surface area (Å²) in [4.78, 5) is 13.9. The van der Waals surface area contributed by atoms with E-state index in [1.54, 1.807) is 4.90 Å². The predicted octanol–water partition coefficient (Wildman–Crippen LogP) is 3.58. The van der Waals surface area contributed by atoms with E-state index in [9.17, 15) is 18.0 Å². The third-order valence-corrected chi connectivity index (χ3v) is 3.40. The van der Waals surface area contributed by atoms with Crippen molar-refractivity contribution in [2.45, 2.75) is 25.9 Å². The van der Waals surface area contributed by atoms with Gasteiger partial charge in [0.25, 0.3) is 5.91 Å². The van der Waals surface area contributed by atoms with E-state index in [0.29, 0.717) is 24.6 Å². The van der Waals surface area contributed by atoms with Gasteiger partial charge in [-0.1, -0.05) is 6.92 Å². The Kier molecular flexibility index (Phi) is 3.83. The van der Waals surface area contributed by atoms with E-state index in [0.717, 1.165) is 25.0 Å². The van der Waals surface area contributed by atoms with Crippen molar-refractivity contribution < 1.29 is 18.0 Å². The summed E-state index contributed by atoms with van der Waals surface area (Å²) in [7, 11) is 0. The van der Waals surface area contributed by atoms with Crippen LogP contribution < -0.4 is 0 Å². The van der Waals surface area contributed by atoms with Crippen LogP contribution in [0.5, 0.6) is 0 Å². The Hall–Kier alpha value is -1.52. The molecule has 0 bridgehead atoms. The van der Waals surface area contributed by atoms with Gasteiger partial charge in [0.05, 0.1) is 5.56 Å².